The second-order valence-corrected chi connectivity index (χ2v) is 5.19. The van der Waals surface area contributed by atoms with Crippen molar-refractivity contribution in [3.8, 4) is 5.75 Å². The number of hydrogen-bond donors (Lipinski definition) is 2. The lowest BCUT2D eigenvalue weighted by molar-refractivity contribution is 0.195. The number of rotatable bonds is 8. The van der Waals surface area contributed by atoms with E-state index in [-0.39, 0.29) is 18.7 Å². The van der Waals surface area contributed by atoms with E-state index >= 15 is 0 Å². The predicted octanol–water partition coefficient (Wildman–Crippen LogP) is 3.18. The van der Waals surface area contributed by atoms with Crippen LogP contribution in [0, 0.1) is 0 Å². The van der Waals surface area contributed by atoms with E-state index < -0.39 is 6.09 Å². The fourth-order valence-electron chi connectivity index (χ4n) is 2.08. The van der Waals surface area contributed by atoms with Crippen LogP contribution in [0.4, 0.5) is 9.18 Å². The molecule has 0 aliphatic rings. The summed E-state index contributed by atoms with van der Waals surface area (Å²) in [7, 11) is 0. The molecule has 2 heterocycles. The maximum Gasteiger partial charge on any atom is 0.404 e. The first-order valence-corrected chi connectivity index (χ1v) is 7.48. The van der Waals surface area contributed by atoms with Crippen molar-refractivity contribution in [3.05, 3.63) is 42.0 Å². The fraction of sp³-hybridized carbons (Fsp3) is 0.375. The van der Waals surface area contributed by atoms with Gasteiger partial charge in [-0.15, -0.1) is 0 Å². The van der Waals surface area contributed by atoms with Crippen LogP contribution in [0.5, 0.6) is 5.75 Å². The number of fused-ring (bicyclic) bond motifs is 1. The number of ether oxygens (including phenoxy) is 1. The van der Waals surface area contributed by atoms with Crippen LogP contribution in [-0.4, -0.2) is 34.0 Å². The summed E-state index contributed by atoms with van der Waals surface area (Å²) in [5.41, 5.74) is 2.14. The van der Waals surface area contributed by atoms with E-state index in [9.17, 15) is 9.18 Å². The highest BCUT2D eigenvalue weighted by Crippen LogP contribution is 2.17. The third-order valence-corrected chi connectivity index (χ3v) is 3.32. The topological polar surface area (TPSA) is 75.9 Å². The first kappa shape index (κ1) is 16.8. The smallest absolute Gasteiger partial charge is 0.404 e. The van der Waals surface area contributed by atoms with Gasteiger partial charge in [-0.2, -0.15) is 5.10 Å². The molecule has 0 fully saturated rings. The minimum absolute atomic E-state index is 0.0240. The molecule has 0 saturated carbocycles. The fourth-order valence-corrected chi connectivity index (χ4v) is 2.08. The molecular formula is C16H20FN3O3. The lowest BCUT2D eigenvalue weighted by Crippen LogP contribution is -2.25. The number of amides is 1. The average Bonchev–Trinajstić information content (AvgIpc) is 2.94. The van der Waals surface area contributed by atoms with Crippen molar-refractivity contribution in [1.82, 2.24) is 14.9 Å². The third kappa shape index (κ3) is 4.98. The van der Waals surface area contributed by atoms with Gasteiger partial charge in [-0.1, -0.05) is 13.3 Å². The van der Waals surface area contributed by atoms with Crippen LogP contribution in [0.2, 0.25) is 0 Å². The van der Waals surface area contributed by atoms with Crippen LogP contribution in [0.1, 0.15) is 25.5 Å². The van der Waals surface area contributed by atoms with Crippen molar-refractivity contribution in [2.75, 3.05) is 13.2 Å². The van der Waals surface area contributed by atoms with Gasteiger partial charge in [-0.05, 0) is 25.0 Å². The van der Waals surface area contributed by atoms with E-state index in [2.05, 4.69) is 17.3 Å². The molecule has 1 amide bonds. The molecule has 0 bridgehead atoms. The monoisotopic (exact) mass is 321 g/mol. The molecule has 0 saturated heterocycles. The van der Waals surface area contributed by atoms with Gasteiger partial charge in [0.1, 0.15) is 12.4 Å². The summed E-state index contributed by atoms with van der Waals surface area (Å²) in [6.45, 7) is 2.00. The Labute approximate surface area is 133 Å². The number of pyridine rings is 1. The van der Waals surface area contributed by atoms with Gasteiger partial charge >= 0.3 is 6.09 Å². The molecule has 0 spiro atoms. The molecule has 0 atom stereocenters. The Hall–Kier alpha value is -2.57. The van der Waals surface area contributed by atoms with Crippen molar-refractivity contribution >= 4 is 11.6 Å². The molecule has 23 heavy (non-hydrogen) atoms. The van der Waals surface area contributed by atoms with Crippen molar-refractivity contribution in [2.24, 2.45) is 0 Å². The van der Waals surface area contributed by atoms with Crippen molar-refractivity contribution in [1.29, 1.82) is 0 Å². The molecule has 2 rings (SSSR count). The second-order valence-electron chi connectivity index (χ2n) is 5.19. The van der Waals surface area contributed by atoms with Crippen LogP contribution >= 0.6 is 0 Å². The summed E-state index contributed by atoms with van der Waals surface area (Å²) in [4.78, 5) is 10.4. The molecule has 0 aliphatic carbocycles. The summed E-state index contributed by atoms with van der Waals surface area (Å²) in [6, 6.07) is 5.56. The van der Waals surface area contributed by atoms with Crippen LogP contribution in [0.25, 0.3) is 5.52 Å². The normalized spacial score (nSPS) is 11.7. The maximum absolute atomic E-state index is 12.7. The molecule has 0 aliphatic heterocycles. The van der Waals surface area contributed by atoms with Gasteiger partial charge < -0.3 is 15.2 Å². The van der Waals surface area contributed by atoms with E-state index in [1.54, 1.807) is 16.8 Å². The Balaban J connectivity index is 1.98. The van der Waals surface area contributed by atoms with Gasteiger partial charge in [0.25, 0.3) is 0 Å². The van der Waals surface area contributed by atoms with Crippen molar-refractivity contribution in [2.45, 2.75) is 26.2 Å². The third-order valence-electron chi connectivity index (χ3n) is 3.32. The Bertz CT molecular complexity index is 697. The summed E-state index contributed by atoms with van der Waals surface area (Å²) < 4.78 is 20.0. The predicted molar refractivity (Wildman–Crippen MR) is 84.5 cm³/mol. The average molecular weight is 321 g/mol. The molecule has 124 valence electrons. The number of nitrogens with one attached hydrogen (secondary N) is 1. The maximum atomic E-state index is 12.7. The summed E-state index contributed by atoms with van der Waals surface area (Å²) in [5, 5.41) is 15.1. The molecule has 2 aromatic rings. The van der Waals surface area contributed by atoms with Crippen molar-refractivity contribution in [3.63, 3.8) is 0 Å². The van der Waals surface area contributed by atoms with E-state index in [4.69, 9.17) is 9.84 Å². The Morgan fingerprint density at radius 2 is 2.35 bits per heavy atom. The standard InChI is InChI=1S/C16H20FN3O3/c1-2-3-4-13-7-14-8-15(5-6-20(14)19-13)23-11-12(9-17)10-18-16(21)22/h5-9,18H,2-4,10-11H2,1H3,(H,21,22). The van der Waals surface area contributed by atoms with E-state index in [1.165, 1.54) is 0 Å². The Morgan fingerprint density at radius 3 is 3.04 bits per heavy atom. The number of carbonyl (C=O) groups is 1. The number of nitrogens with zero attached hydrogens (tertiary/aromatic N) is 2. The summed E-state index contributed by atoms with van der Waals surface area (Å²) in [5.74, 6) is 0.578. The SMILES string of the molecule is CCCCc1cc2cc(OCC(=CF)CNC(=O)O)ccn2n1. The highest BCUT2D eigenvalue weighted by Gasteiger charge is 2.05. The number of carboxylic acid groups (broad SMARTS) is 1. The number of aromatic nitrogens is 2. The first-order chi connectivity index (χ1) is 11.1. The molecular weight excluding hydrogens is 301 g/mol. The van der Waals surface area contributed by atoms with Gasteiger partial charge in [0, 0.05) is 24.4 Å². The first-order valence-electron chi connectivity index (χ1n) is 7.48. The molecule has 0 aromatic carbocycles. The highest BCUT2D eigenvalue weighted by molar-refractivity contribution is 5.64. The summed E-state index contributed by atoms with van der Waals surface area (Å²) >= 11 is 0. The lowest BCUT2D eigenvalue weighted by atomic mass is 10.2. The molecule has 0 unspecified atom stereocenters. The highest BCUT2D eigenvalue weighted by atomic mass is 19.1. The molecule has 0 radical (unpaired) electrons. The van der Waals surface area contributed by atoms with E-state index in [0.717, 1.165) is 30.5 Å². The van der Waals surface area contributed by atoms with Crippen LogP contribution in [0.15, 0.2) is 36.3 Å². The number of hydrogen-bond acceptors (Lipinski definition) is 3. The minimum atomic E-state index is -1.20. The number of aryl methyl sites for hydroxylation is 1. The Kier molecular flexibility index (Phi) is 5.96. The zero-order chi connectivity index (χ0) is 16.7. The number of halogens is 1. The van der Waals surface area contributed by atoms with Gasteiger partial charge in [-0.25, -0.2) is 13.7 Å². The van der Waals surface area contributed by atoms with E-state index in [1.807, 2.05) is 12.1 Å². The molecule has 6 nitrogen and oxygen atoms in total. The van der Waals surface area contributed by atoms with Crippen LogP contribution < -0.4 is 10.1 Å². The largest absolute Gasteiger partial charge is 0.489 e. The van der Waals surface area contributed by atoms with Gasteiger partial charge in [-0.3, -0.25) is 0 Å². The van der Waals surface area contributed by atoms with Crippen molar-refractivity contribution < 1.29 is 19.0 Å². The molecule has 2 N–H and O–H groups in total. The quantitative estimate of drug-likeness (QED) is 0.783. The Morgan fingerprint density at radius 1 is 1.52 bits per heavy atom. The van der Waals surface area contributed by atoms with Crippen LogP contribution in [-0.2, 0) is 6.42 Å². The van der Waals surface area contributed by atoms with E-state index in [0.29, 0.717) is 12.1 Å². The van der Waals surface area contributed by atoms with Crippen LogP contribution in [0.3, 0.4) is 0 Å². The zero-order valence-corrected chi connectivity index (χ0v) is 13.0. The lowest BCUT2D eigenvalue weighted by Gasteiger charge is -2.09. The number of unbranched alkanes of at least 4 members (excludes halogenated alkanes) is 1. The second kappa shape index (κ2) is 8.17. The molecule has 7 heteroatoms. The van der Waals surface area contributed by atoms with Gasteiger partial charge in [0.05, 0.1) is 17.5 Å². The minimum Gasteiger partial charge on any atom is -0.489 e. The molecule has 2 aromatic heterocycles. The van der Waals surface area contributed by atoms with Gasteiger partial charge in [0.2, 0.25) is 0 Å². The zero-order valence-electron chi connectivity index (χ0n) is 13.0. The van der Waals surface area contributed by atoms with Gasteiger partial charge in [0.15, 0.2) is 0 Å². The summed E-state index contributed by atoms with van der Waals surface area (Å²) in [6.07, 6.45) is 4.08.